The lowest BCUT2D eigenvalue weighted by molar-refractivity contribution is 0.0690. The SMILES string of the molecule is O=C(O)c1cc2ncccc2c(N2CCCCS2(=O)=O)n1. The number of hydrogen-bond donors (Lipinski definition) is 1. The van der Waals surface area contributed by atoms with Crippen molar-refractivity contribution in [2.24, 2.45) is 0 Å². The molecule has 3 rings (SSSR count). The Morgan fingerprint density at radius 1 is 1.33 bits per heavy atom. The molecular formula is C13H13N3O4S. The number of aromatic carboxylic acids is 1. The zero-order chi connectivity index (χ0) is 15.0. The fourth-order valence-electron chi connectivity index (χ4n) is 2.38. The van der Waals surface area contributed by atoms with E-state index < -0.39 is 16.0 Å². The zero-order valence-electron chi connectivity index (χ0n) is 11.1. The van der Waals surface area contributed by atoms with Gasteiger partial charge in [-0.15, -0.1) is 0 Å². The maximum atomic E-state index is 12.2. The van der Waals surface area contributed by atoms with Crippen LogP contribution in [0.1, 0.15) is 23.3 Å². The Bertz CT molecular complexity index is 819. The molecule has 0 saturated carbocycles. The van der Waals surface area contributed by atoms with Crippen molar-refractivity contribution in [3.8, 4) is 0 Å². The van der Waals surface area contributed by atoms with Crippen LogP contribution in [0.15, 0.2) is 24.4 Å². The molecule has 1 aliphatic rings. The van der Waals surface area contributed by atoms with Crippen LogP contribution >= 0.6 is 0 Å². The fourth-order valence-corrected chi connectivity index (χ4v) is 3.98. The number of rotatable bonds is 2. The smallest absolute Gasteiger partial charge is 0.354 e. The number of hydrogen-bond acceptors (Lipinski definition) is 5. The highest BCUT2D eigenvalue weighted by Gasteiger charge is 2.29. The summed E-state index contributed by atoms with van der Waals surface area (Å²) >= 11 is 0. The first kappa shape index (κ1) is 13.7. The maximum absolute atomic E-state index is 12.2. The van der Waals surface area contributed by atoms with Gasteiger partial charge in [-0.25, -0.2) is 18.2 Å². The molecule has 8 heteroatoms. The number of carbonyl (C=O) groups is 1. The molecule has 0 atom stereocenters. The molecule has 1 saturated heterocycles. The first-order valence-electron chi connectivity index (χ1n) is 6.48. The Kier molecular flexibility index (Phi) is 3.25. The molecule has 2 aromatic heterocycles. The zero-order valence-corrected chi connectivity index (χ0v) is 11.9. The molecule has 0 aliphatic carbocycles. The molecule has 21 heavy (non-hydrogen) atoms. The van der Waals surface area contributed by atoms with Crippen LogP contribution in [0.3, 0.4) is 0 Å². The van der Waals surface area contributed by atoms with Crippen molar-refractivity contribution in [3.63, 3.8) is 0 Å². The lowest BCUT2D eigenvalue weighted by atomic mass is 10.2. The Hall–Kier alpha value is -2.22. The van der Waals surface area contributed by atoms with Gasteiger partial charge in [0.2, 0.25) is 10.0 Å². The molecule has 0 radical (unpaired) electrons. The normalized spacial score (nSPS) is 17.8. The minimum atomic E-state index is -3.46. The topological polar surface area (TPSA) is 100 Å². The standard InChI is InChI=1S/C13H13N3O4S/c17-13(18)11-8-10-9(4-3-5-14-10)12(15-11)16-6-1-2-7-21(16,19)20/h3-5,8H,1-2,6-7H2,(H,17,18). The maximum Gasteiger partial charge on any atom is 0.354 e. The van der Waals surface area contributed by atoms with E-state index in [9.17, 15) is 13.2 Å². The van der Waals surface area contributed by atoms with Crippen molar-refractivity contribution in [1.29, 1.82) is 0 Å². The molecule has 0 aromatic carbocycles. The largest absolute Gasteiger partial charge is 0.477 e. The Balaban J connectivity index is 2.27. The molecule has 7 nitrogen and oxygen atoms in total. The molecule has 110 valence electrons. The Morgan fingerprint density at radius 3 is 2.86 bits per heavy atom. The van der Waals surface area contributed by atoms with Crippen LogP contribution in [0, 0.1) is 0 Å². The van der Waals surface area contributed by atoms with E-state index in [1.807, 2.05) is 0 Å². The van der Waals surface area contributed by atoms with Gasteiger partial charge in [-0.3, -0.25) is 9.29 Å². The second-order valence-corrected chi connectivity index (χ2v) is 6.81. The summed E-state index contributed by atoms with van der Waals surface area (Å²) in [5.74, 6) is -1.01. The summed E-state index contributed by atoms with van der Waals surface area (Å²) in [5, 5.41) is 9.67. The van der Waals surface area contributed by atoms with Crippen molar-refractivity contribution in [2.45, 2.75) is 12.8 Å². The van der Waals surface area contributed by atoms with Crippen LogP contribution in [0.25, 0.3) is 10.9 Å². The van der Waals surface area contributed by atoms with Gasteiger partial charge in [0.1, 0.15) is 0 Å². The third kappa shape index (κ3) is 2.42. The van der Waals surface area contributed by atoms with Gasteiger partial charge >= 0.3 is 5.97 Å². The molecule has 1 N–H and O–H groups in total. The first-order valence-corrected chi connectivity index (χ1v) is 8.09. The summed E-state index contributed by atoms with van der Waals surface area (Å²) in [4.78, 5) is 19.3. The minimum absolute atomic E-state index is 0.0493. The molecule has 0 spiro atoms. The third-order valence-corrected chi connectivity index (χ3v) is 5.22. The van der Waals surface area contributed by atoms with Gasteiger partial charge in [0.05, 0.1) is 11.3 Å². The van der Waals surface area contributed by atoms with Gasteiger partial charge in [-0.2, -0.15) is 0 Å². The van der Waals surface area contributed by atoms with Gasteiger partial charge in [0, 0.05) is 18.1 Å². The monoisotopic (exact) mass is 307 g/mol. The molecule has 1 aliphatic heterocycles. The van der Waals surface area contributed by atoms with E-state index in [1.54, 1.807) is 12.1 Å². The molecule has 1 fully saturated rings. The van der Waals surface area contributed by atoms with E-state index in [0.717, 1.165) is 6.42 Å². The molecule has 0 amide bonds. The average Bonchev–Trinajstić information content (AvgIpc) is 2.46. The van der Waals surface area contributed by atoms with E-state index in [1.165, 1.54) is 16.6 Å². The highest BCUT2D eigenvalue weighted by molar-refractivity contribution is 7.92. The first-order chi connectivity index (χ1) is 9.99. The average molecular weight is 307 g/mol. The quantitative estimate of drug-likeness (QED) is 0.896. The van der Waals surface area contributed by atoms with Crippen LogP contribution in [-0.2, 0) is 10.0 Å². The predicted molar refractivity (Wildman–Crippen MR) is 76.9 cm³/mol. The van der Waals surface area contributed by atoms with Crippen LogP contribution in [0.2, 0.25) is 0 Å². The number of anilines is 1. The molecule has 0 bridgehead atoms. The van der Waals surface area contributed by atoms with Crippen LogP contribution in [0.5, 0.6) is 0 Å². The van der Waals surface area contributed by atoms with Gasteiger partial charge in [0.15, 0.2) is 11.5 Å². The van der Waals surface area contributed by atoms with Crippen molar-refractivity contribution >= 4 is 32.7 Å². The van der Waals surface area contributed by atoms with E-state index in [-0.39, 0.29) is 17.3 Å². The number of fused-ring (bicyclic) bond motifs is 1. The van der Waals surface area contributed by atoms with Crippen molar-refractivity contribution in [3.05, 3.63) is 30.1 Å². The van der Waals surface area contributed by atoms with Gasteiger partial charge in [0.25, 0.3) is 0 Å². The number of nitrogens with zero attached hydrogens (tertiary/aromatic N) is 3. The predicted octanol–water partition coefficient (Wildman–Crippen LogP) is 1.26. The summed E-state index contributed by atoms with van der Waals surface area (Å²) in [6.07, 6.45) is 2.86. The van der Waals surface area contributed by atoms with Crippen LogP contribution in [0.4, 0.5) is 5.82 Å². The van der Waals surface area contributed by atoms with E-state index in [0.29, 0.717) is 23.9 Å². The van der Waals surface area contributed by atoms with Crippen molar-refractivity contribution < 1.29 is 18.3 Å². The number of pyridine rings is 2. The summed E-state index contributed by atoms with van der Waals surface area (Å²) < 4.78 is 25.7. The van der Waals surface area contributed by atoms with E-state index >= 15 is 0 Å². The minimum Gasteiger partial charge on any atom is -0.477 e. The fraction of sp³-hybridized carbons (Fsp3) is 0.308. The third-order valence-electron chi connectivity index (χ3n) is 3.38. The summed E-state index contributed by atoms with van der Waals surface area (Å²) in [6, 6.07) is 4.71. The molecule has 2 aromatic rings. The number of carboxylic acid groups (broad SMARTS) is 1. The lowest BCUT2D eigenvalue weighted by Crippen LogP contribution is -2.38. The van der Waals surface area contributed by atoms with Crippen LogP contribution < -0.4 is 4.31 Å². The Labute approximate surface area is 121 Å². The van der Waals surface area contributed by atoms with Gasteiger partial charge < -0.3 is 5.11 Å². The second kappa shape index (κ2) is 4.96. The molecule has 0 unspecified atom stereocenters. The summed E-state index contributed by atoms with van der Waals surface area (Å²) in [7, 11) is -3.46. The second-order valence-electron chi connectivity index (χ2n) is 4.80. The van der Waals surface area contributed by atoms with Gasteiger partial charge in [-0.1, -0.05) is 0 Å². The molecular weight excluding hydrogens is 294 g/mol. The number of sulfonamides is 1. The van der Waals surface area contributed by atoms with Crippen molar-refractivity contribution in [1.82, 2.24) is 9.97 Å². The molecule has 3 heterocycles. The lowest BCUT2D eigenvalue weighted by Gasteiger charge is -2.28. The van der Waals surface area contributed by atoms with E-state index in [4.69, 9.17) is 5.11 Å². The Morgan fingerprint density at radius 2 is 2.14 bits per heavy atom. The number of carboxylic acids is 1. The van der Waals surface area contributed by atoms with E-state index in [2.05, 4.69) is 9.97 Å². The summed E-state index contributed by atoms with van der Waals surface area (Å²) in [5.41, 5.74) is 0.206. The van der Waals surface area contributed by atoms with Gasteiger partial charge in [-0.05, 0) is 31.0 Å². The van der Waals surface area contributed by atoms with Crippen molar-refractivity contribution in [2.75, 3.05) is 16.6 Å². The highest BCUT2D eigenvalue weighted by atomic mass is 32.2. The summed E-state index contributed by atoms with van der Waals surface area (Å²) in [6.45, 7) is 0.308. The number of aromatic nitrogens is 2. The van der Waals surface area contributed by atoms with Crippen LogP contribution in [-0.4, -0.2) is 41.8 Å². The highest BCUT2D eigenvalue weighted by Crippen LogP contribution is 2.29.